The fraction of sp³-hybridized carbons (Fsp3) is 0. The van der Waals surface area contributed by atoms with Crippen LogP contribution in [0.15, 0.2) is 53.0 Å². The van der Waals surface area contributed by atoms with Crippen LogP contribution >= 0.6 is 27.5 Å². The molecule has 0 unspecified atom stereocenters. The van der Waals surface area contributed by atoms with E-state index in [0.717, 1.165) is 0 Å². The third-order valence-electron chi connectivity index (χ3n) is 2.45. The molecule has 0 heterocycles. The van der Waals surface area contributed by atoms with Crippen molar-refractivity contribution in [1.29, 1.82) is 0 Å². The average Bonchev–Trinajstić information content (AvgIpc) is 2.43. The first-order valence-electron chi connectivity index (χ1n) is 5.69. The van der Waals surface area contributed by atoms with Gasteiger partial charge < -0.3 is 10.6 Å². The minimum absolute atomic E-state index is 0.370. The monoisotopic (exact) mass is 352 g/mol. The first-order valence-corrected chi connectivity index (χ1v) is 6.86. The summed E-state index contributed by atoms with van der Waals surface area (Å²) >= 11 is 9.19. The van der Waals surface area contributed by atoms with E-state index in [1.165, 1.54) is 0 Å². The molecule has 0 saturated heterocycles. The summed E-state index contributed by atoms with van der Waals surface area (Å²) in [7, 11) is 0. The predicted molar refractivity (Wildman–Crippen MR) is 82.9 cm³/mol. The second-order valence-electron chi connectivity index (χ2n) is 3.87. The number of hydrogen-bond donors (Lipinski definition) is 2. The van der Waals surface area contributed by atoms with Gasteiger partial charge in [0.2, 0.25) is 0 Å². The van der Waals surface area contributed by atoms with Crippen LogP contribution in [0.5, 0.6) is 0 Å². The molecule has 0 atom stereocenters. The minimum Gasteiger partial charge on any atom is -0.317 e. The Morgan fingerprint density at radius 3 is 1.95 bits per heavy atom. The van der Waals surface area contributed by atoms with Crippen LogP contribution in [0.1, 0.15) is 0 Å². The molecule has 0 bridgehead atoms. The molecule has 0 fully saturated rings. The highest BCUT2D eigenvalue weighted by molar-refractivity contribution is 9.10. The summed E-state index contributed by atoms with van der Waals surface area (Å²) in [5, 5.41) is 5.33. The number of nitrogens with one attached hydrogen (secondary N) is 2. The van der Waals surface area contributed by atoms with E-state index in [9.17, 15) is 9.59 Å². The Hall–Kier alpha value is -1.85. The molecule has 2 aromatic carbocycles. The van der Waals surface area contributed by atoms with Crippen LogP contribution in [0.25, 0.3) is 0 Å². The Kier molecular flexibility index (Phi) is 4.76. The van der Waals surface area contributed by atoms with E-state index in [1.54, 1.807) is 42.5 Å². The van der Waals surface area contributed by atoms with Crippen molar-refractivity contribution in [2.45, 2.75) is 0 Å². The van der Waals surface area contributed by atoms with Crippen LogP contribution in [0.3, 0.4) is 0 Å². The molecule has 2 N–H and O–H groups in total. The summed E-state index contributed by atoms with van der Waals surface area (Å²) in [5.41, 5.74) is 0.910. The van der Waals surface area contributed by atoms with Gasteiger partial charge in [0.05, 0.1) is 16.4 Å². The Bertz CT molecular complexity index is 604. The number of carbonyl (C=O) groups excluding carboxylic acids is 2. The Morgan fingerprint density at radius 2 is 1.35 bits per heavy atom. The zero-order valence-electron chi connectivity index (χ0n) is 10.2. The Labute approximate surface area is 129 Å². The fourth-order valence-corrected chi connectivity index (χ4v) is 2.05. The van der Waals surface area contributed by atoms with Gasteiger partial charge in [0, 0.05) is 4.47 Å². The van der Waals surface area contributed by atoms with Crippen LogP contribution in [-0.4, -0.2) is 11.8 Å². The molecule has 0 saturated carbocycles. The van der Waals surface area contributed by atoms with Gasteiger partial charge in [0.25, 0.3) is 0 Å². The third kappa shape index (κ3) is 3.59. The van der Waals surface area contributed by atoms with Gasteiger partial charge in [-0.1, -0.05) is 35.9 Å². The summed E-state index contributed by atoms with van der Waals surface area (Å²) in [6.07, 6.45) is 0. The topological polar surface area (TPSA) is 58.2 Å². The summed E-state index contributed by atoms with van der Waals surface area (Å²) in [6.45, 7) is 0. The van der Waals surface area contributed by atoms with Gasteiger partial charge in [-0.3, -0.25) is 9.59 Å². The van der Waals surface area contributed by atoms with Crippen LogP contribution in [0, 0.1) is 0 Å². The van der Waals surface area contributed by atoms with Gasteiger partial charge in [-0.2, -0.15) is 0 Å². The second-order valence-corrected chi connectivity index (χ2v) is 5.13. The van der Waals surface area contributed by atoms with Gasteiger partial charge in [-0.25, -0.2) is 0 Å². The summed E-state index contributed by atoms with van der Waals surface area (Å²) in [5.74, 6) is -1.55. The standard InChI is InChI=1S/C14H10BrClN2O2/c15-9-5-1-3-7-11(9)17-13(19)14(20)18-12-8-4-2-6-10(12)16/h1-8H,(H,17,19)(H,18,20). The molecule has 4 nitrogen and oxygen atoms in total. The first-order chi connectivity index (χ1) is 9.58. The van der Waals surface area contributed by atoms with E-state index in [1.807, 2.05) is 6.07 Å². The van der Waals surface area contributed by atoms with Crippen molar-refractivity contribution in [3.63, 3.8) is 0 Å². The molecule has 2 aromatic rings. The fourth-order valence-electron chi connectivity index (χ4n) is 1.48. The maximum Gasteiger partial charge on any atom is 0.314 e. The molecular weight excluding hydrogens is 344 g/mol. The lowest BCUT2D eigenvalue weighted by atomic mass is 10.3. The summed E-state index contributed by atoms with van der Waals surface area (Å²) in [6, 6.07) is 13.7. The number of hydrogen-bond acceptors (Lipinski definition) is 2. The highest BCUT2D eigenvalue weighted by atomic mass is 79.9. The van der Waals surface area contributed by atoms with Crippen molar-refractivity contribution in [1.82, 2.24) is 0 Å². The molecule has 20 heavy (non-hydrogen) atoms. The third-order valence-corrected chi connectivity index (χ3v) is 3.47. The van der Waals surface area contributed by atoms with Crippen molar-refractivity contribution < 1.29 is 9.59 Å². The molecular formula is C14H10BrClN2O2. The second kappa shape index (κ2) is 6.54. The van der Waals surface area contributed by atoms with Crippen LogP contribution in [0.4, 0.5) is 11.4 Å². The SMILES string of the molecule is O=C(Nc1ccccc1Cl)C(=O)Nc1ccccc1Br. The van der Waals surface area contributed by atoms with Crippen molar-refractivity contribution in [3.8, 4) is 0 Å². The molecule has 6 heteroatoms. The summed E-state index contributed by atoms with van der Waals surface area (Å²) in [4.78, 5) is 23.6. The maximum absolute atomic E-state index is 11.8. The number of para-hydroxylation sites is 2. The molecule has 0 aliphatic heterocycles. The molecule has 102 valence electrons. The zero-order chi connectivity index (χ0) is 14.5. The number of halogens is 2. The van der Waals surface area contributed by atoms with Crippen molar-refractivity contribution in [2.24, 2.45) is 0 Å². The number of amides is 2. The predicted octanol–water partition coefficient (Wildman–Crippen LogP) is 3.68. The van der Waals surface area contributed by atoms with E-state index < -0.39 is 11.8 Å². The maximum atomic E-state index is 11.8. The van der Waals surface area contributed by atoms with Gasteiger partial charge in [-0.15, -0.1) is 0 Å². The van der Waals surface area contributed by atoms with Gasteiger partial charge in [0.15, 0.2) is 0 Å². The Balaban J connectivity index is 2.05. The molecule has 0 spiro atoms. The summed E-state index contributed by atoms with van der Waals surface area (Å²) < 4.78 is 0.693. The number of benzene rings is 2. The van der Waals surface area contributed by atoms with Gasteiger partial charge in [0.1, 0.15) is 0 Å². The smallest absolute Gasteiger partial charge is 0.314 e. The highest BCUT2D eigenvalue weighted by Gasteiger charge is 2.15. The van der Waals surface area contributed by atoms with E-state index in [2.05, 4.69) is 26.6 Å². The molecule has 2 rings (SSSR count). The van der Waals surface area contributed by atoms with E-state index >= 15 is 0 Å². The lowest BCUT2D eigenvalue weighted by molar-refractivity contribution is -0.133. The van der Waals surface area contributed by atoms with Crippen LogP contribution in [-0.2, 0) is 9.59 Å². The molecule has 0 radical (unpaired) electrons. The Morgan fingerprint density at radius 1 is 0.850 bits per heavy atom. The molecule has 0 aliphatic rings. The van der Waals surface area contributed by atoms with E-state index in [-0.39, 0.29) is 0 Å². The zero-order valence-corrected chi connectivity index (χ0v) is 12.5. The number of carbonyl (C=O) groups is 2. The minimum atomic E-state index is -0.783. The highest BCUT2D eigenvalue weighted by Crippen LogP contribution is 2.22. The average molecular weight is 354 g/mol. The lowest BCUT2D eigenvalue weighted by Crippen LogP contribution is -2.29. The largest absolute Gasteiger partial charge is 0.317 e. The van der Waals surface area contributed by atoms with Crippen molar-refractivity contribution in [2.75, 3.05) is 10.6 Å². The lowest BCUT2D eigenvalue weighted by Gasteiger charge is -2.08. The van der Waals surface area contributed by atoms with Crippen molar-refractivity contribution in [3.05, 3.63) is 58.0 Å². The molecule has 2 amide bonds. The molecule has 0 aromatic heterocycles. The number of anilines is 2. The van der Waals surface area contributed by atoms with Crippen LogP contribution in [0.2, 0.25) is 5.02 Å². The van der Waals surface area contributed by atoms with Crippen LogP contribution < -0.4 is 10.6 Å². The quantitative estimate of drug-likeness (QED) is 0.809. The van der Waals surface area contributed by atoms with E-state index in [4.69, 9.17) is 11.6 Å². The van der Waals surface area contributed by atoms with E-state index in [0.29, 0.717) is 20.9 Å². The van der Waals surface area contributed by atoms with Crippen molar-refractivity contribution >= 4 is 50.7 Å². The first kappa shape index (κ1) is 14.6. The van der Waals surface area contributed by atoms with Gasteiger partial charge in [-0.05, 0) is 40.2 Å². The number of rotatable bonds is 2. The molecule has 0 aliphatic carbocycles. The normalized spacial score (nSPS) is 9.90. The van der Waals surface area contributed by atoms with Gasteiger partial charge >= 0.3 is 11.8 Å².